The Morgan fingerprint density at radius 3 is 2.88 bits per heavy atom. The fraction of sp³-hybridized carbons (Fsp3) is 0.542. The van der Waals surface area contributed by atoms with Crippen molar-refractivity contribution in [2.24, 2.45) is 11.3 Å². The van der Waals surface area contributed by atoms with E-state index in [0.29, 0.717) is 38.4 Å². The van der Waals surface area contributed by atoms with Gasteiger partial charge in [-0.25, -0.2) is 9.18 Å². The number of amides is 1. The molecule has 2 aromatic rings. The van der Waals surface area contributed by atoms with Gasteiger partial charge >= 0.3 is 5.97 Å². The van der Waals surface area contributed by atoms with Crippen molar-refractivity contribution in [3.8, 4) is 0 Å². The third kappa shape index (κ3) is 4.70. The van der Waals surface area contributed by atoms with E-state index < -0.39 is 11.8 Å². The number of carbonyl (C=O) groups is 2. The molecule has 0 radical (unpaired) electrons. The number of carbonyl (C=O) groups excluding carboxylic acids is 2. The largest absolute Gasteiger partial charge is 0.462 e. The van der Waals surface area contributed by atoms with E-state index in [-0.39, 0.29) is 29.4 Å². The van der Waals surface area contributed by atoms with Crippen molar-refractivity contribution in [1.29, 1.82) is 0 Å². The Hall–Kier alpha value is -2.74. The number of aryl methyl sites for hydroxylation is 1. The molecular weight excluding hydrogens is 413 g/mol. The third-order valence-corrected chi connectivity index (χ3v) is 6.48. The second-order valence-corrected chi connectivity index (χ2v) is 8.98. The molecule has 0 saturated carbocycles. The van der Waals surface area contributed by atoms with Gasteiger partial charge in [-0.1, -0.05) is 13.0 Å². The van der Waals surface area contributed by atoms with Crippen LogP contribution in [-0.2, 0) is 28.9 Å². The van der Waals surface area contributed by atoms with E-state index >= 15 is 0 Å². The van der Waals surface area contributed by atoms with Crippen LogP contribution >= 0.6 is 0 Å². The number of aromatic nitrogens is 2. The highest BCUT2D eigenvalue weighted by Gasteiger charge is 2.39. The molecule has 0 bridgehead atoms. The maximum absolute atomic E-state index is 13.4. The first-order valence-electron chi connectivity index (χ1n) is 11.3. The lowest BCUT2D eigenvalue weighted by atomic mass is 9.75. The SMILES string of the molecule is CCn1nc(CC(C)COC(=O)c2cccc(F)c2)c2c1C(=O)NCC1(CCOCC1)C2. The first-order chi connectivity index (χ1) is 15.4. The number of hydrogen-bond acceptors (Lipinski definition) is 5. The molecule has 1 spiro atoms. The number of nitrogens with one attached hydrogen (secondary N) is 1. The highest BCUT2D eigenvalue weighted by molar-refractivity contribution is 5.94. The molecule has 3 heterocycles. The highest BCUT2D eigenvalue weighted by atomic mass is 19.1. The zero-order chi connectivity index (χ0) is 22.7. The van der Waals surface area contributed by atoms with Gasteiger partial charge in [-0.05, 0) is 62.1 Å². The maximum atomic E-state index is 13.4. The summed E-state index contributed by atoms with van der Waals surface area (Å²) in [6, 6.07) is 5.47. The van der Waals surface area contributed by atoms with Gasteiger partial charge in [0.1, 0.15) is 11.5 Å². The van der Waals surface area contributed by atoms with Gasteiger partial charge in [-0.2, -0.15) is 5.10 Å². The number of benzene rings is 1. The van der Waals surface area contributed by atoms with Crippen LogP contribution in [0, 0.1) is 17.2 Å². The first kappa shape index (κ1) is 22.5. The number of ether oxygens (including phenoxy) is 2. The molecule has 7 nitrogen and oxygen atoms in total. The summed E-state index contributed by atoms with van der Waals surface area (Å²) in [6.45, 7) is 6.81. The summed E-state index contributed by atoms with van der Waals surface area (Å²) in [5.41, 5.74) is 2.73. The molecule has 1 aromatic carbocycles. The maximum Gasteiger partial charge on any atom is 0.338 e. The Labute approximate surface area is 187 Å². The molecule has 1 fully saturated rings. The molecule has 1 aromatic heterocycles. The molecule has 1 N–H and O–H groups in total. The normalized spacial score (nSPS) is 18.5. The topological polar surface area (TPSA) is 82.5 Å². The molecule has 32 heavy (non-hydrogen) atoms. The fourth-order valence-corrected chi connectivity index (χ4v) is 4.63. The van der Waals surface area contributed by atoms with Gasteiger partial charge in [0.2, 0.25) is 0 Å². The van der Waals surface area contributed by atoms with Crippen molar-refractivity contribution in [3.63, 3.8) is 0 Å². The quantitative estimate of drug-likeness (QED) is 0.694. The van der Waals surface area contributed by atoms with Crippen LogP contribution in [0.2, 0.25) is 0 Å². The van der Waals surface area contributed by atoms with Gasteiger partial charge in [0.25, 0.3) is 5.91 Å². The van der Waals surface area contributed by atoms with Crippen LogP contribution in [0.5, 0.6) is 0 Å². The second kappa shape index (κ2) is 9.40. The monoisotopic (exact) mass is 443 g/mol. The second-order valence-electron chi connectivity index (χ2n) is 8.98. The summed E-state index contributed by atoms with van der Waals surface area (Å²) < 4.78 is 26.1. The number of esters is 1. The van der Waals surface area contributed by atoms with E-state index in [1.807, 2.05) is 13.8 Å². The van der Waals surface area contributed by atoms with E-state index in [1.54, 1.807) is 4.68 Å². The average molecular weight is 444 g/mol. The Kier molecular flexibility index (Phi) is 6.60. The molecule has 1 atom stereocenters. The van der Waals surface area contributed by atoms with E-state index in [1.165, 1.54) is 24.3 Å². The van der Waals surface area contributed by atoms with Crippen molar-refractivity contribution < 1.29 is 23.5 Å². The molecule has 2 aliphatic rings. The minimum absolute atomic E-state index is 0.00577. The van der Waals surface area contributed by atoms with E-state index in [9.17, 15) is 14.0 Å². The number of nitrogens with zero attached hydrogens (tertiary/aromatic N) is 2. The van der Waals surface area contributed by atoms with Crippen LogP contribution in [0.3, 0.4) is 0 Å². The minimum atomic E-state index is -0.546. The van der Waals surface area contributed by atoms with Crippen LogP contribution in [0.4, 0.5) is 4.39 Å². The molecule has 0 aliphatic carbocycles. The lowest BCUT2D eigenvalue weighted by Crippen LogP contribution is -2.40. The zero-order valence-corrected chi connectivity index (χ0v) is 18.7. The molecule has 172 valence electrons. The van der Waals surface area contributed by atoms with Crippen molar-refractivity contribution in [2.45, 2.75) is 46.1 Å². The Morgan fingerprint density at radius 2 is 2.16 bits per heavy atom. The van der Waals surface area contributed by atoms with Gasteiger partial charge in [0.05, 0.1) is 17.9 Å². The van der Waals surface area contributed by atoms with E-state index in [4.69, 9.17) is 14.6 Å². The van der Waals surface area contributed by atoms with Crippen LogP contribution in [0.15, 0.2) is 24.3 Å². The van der Waals surface area contributed by atoms with Gasteiger partial charge in [0, 0.05) is 31.9 Å². The van der Waals surface area contributed by atoms with Crippen LogP contribution in [0.1, 0.15) is 58.8 Å². The molecule has 8 heteroatoms. The van der Waals surface area contributed by atoms with E-state index in [2.05, 4.69) is 5.32 Å². The Morgan fingerprint density at radius 1 is 1.38 bits per heavy atom. The summed E-state index contributed by atoms with van der Waals surface area (Å²) in [5.74, 6) is -1.10. The lowest BCUT2D eigenvalue weighted by Gasteiger charge is -2.36. The Balaban J connectivity index is 1.50. The number of fused-ring (bicyclic) bond motifs is 1. The van der Waals surface area contributed by atoms with Crippen molar-refractivity contribution >= 4 is 11.9 Å². The summed E-state index contributed by atoms with van der Waals surface area (Å²) >= 11 is 0. The lowest BCUT2D eigenvalue weighted by molar-refractivity contribution is 0.0160. The highest BCUT2D eigenvalue weighted by Crippen LogP contribution is 2.38. The fourth-order valence-electron chi connectivity index (χ4n) is 4.63. The van der Waals surface area contributed by atoms with Gasteiger partial charge < -0.3 is 14.8 Å². The van der Waals surface area contributed by atoms with E-state index in [0.717, 1.165) is 30.5 Å². The van der Waals surface area contributed by atoms with Crippen LogP contribution in [0.25, 0.3) is 0 Å². The summed E-state index contributed by atoms with van der Waals surface area (Å²) in [5, 5.41) is 7.86. The third-order valence-electron chi connectivity index (χ3n) is 6.48. The Bertz CT molecular complexity index is 997. The van der Waals surface area contributed by atoms with Gasteiger partial charge in [-0.15, -0.1) is 0 Å². The predicted octanol–water partition coefficient (Wildman–Crippen LogP) is 3.16. The number of hydrogen-bond donors (Lipinski definition) is 1. The summed E-state index contributed by atoms with van der Waals surface area (Å²) in [6.07, 6.45) is 3.19. The van der Waals surface area contributed by atoms with Crippen molar-refractivity contribution in [3.05, 3.63) is 52.6 Å². The first-order valence-corrected chi connectivity index (χ1v) is 11.3. The summed E-state index contributed by atoms with van der Waals surface area (Å²) in [7, 11) is 0. The smallest absolute Gasteiger partial charge is 0.338 e. The van der Waals surface area contributed by atoms with Crippen molar-refractivity contribution in [1.82, 2.24) is 15.1 Å². The summed E-state index contributed by atoms with van der Waals surface area (Å²) in [4.78, 5) is 25.2. The average Bonchev–Trinajstić information content (AvgIpc) is 3.06. The van der Waals surface area contributed by atoms with Crippen LogP contribution in [-0.4, -0.2) is 48.0 Å². The zero-order valence-electron chi connectivity index (χ0n) is 18.7. The van der Waals surface area contributed by atoms with Gasteiger partial charge in [-0.3, -0.25) is 9.48 Å². The van der Waals surface area contributed by atoms with Gasteiger partial charge in [0.15, 0.2) is 0 Å². The minimum Gasteiger partial charge on any atom is -0.462 e. The van der Waals surface area contributed by atoms with Crippen LogP contribution < -0.4 is 5.32 Å². The molecule has 4 rings (SSSR count). The predicted molar refractivity (Wildman–Crippen MR) is 116 cm³/mol. The number of halogens is 1. The van der Waals surface area contributed by atoms with Crippen molar-refractivity contribution in [2.75, 3.05) is 26.4 Å². The molecular formula is C24H30FN3O4. The molecule has 1 unspecified atom stereocenters. The molecule has 1 amide bonds. The standard InChI is InChI=1S/C24H30FN3O4/c1-3-28-21-19(13-24(15-26-22(21)29)7-9-31-10-8-24)20(27-28)11-16(2)14-32-23(30)17-5-4-6-18(25)12-17/h4-6,12,16H,3,7-11,13-15H2,1-2H3,(H,26,29). The number of rotatable bonds is 6. The molecule has 1 saturated heterocycles. The molecule has 2 aliphatic heterocycles.